The van der Waals surface area contributed by atoms with Gasteiger partial charge in [-0.2, -0.15) is 0 Å². The van der Waals surface area contributed by atoms with Crippen molar-refractivity contribution in [3.05, 3.63) is 35.6 Å². The molecular weight excluding hydrogens is 299 g/mol. The lowest BCUT2D eigenvalue weighted by Gasteiger charge is -2.25. The lowest BCUT2D eigenvalue weighted by atomic mass is 10.1. The van der Waals surface area contributed by atoms with Crippen molar-refractivity contribution in [3.63, 3.8) is 0 Å². The smallest absolute Gasteiger partial charge is 0.407 e. The van der Waals surface area contributed by atoms with Crippen LogP contribution in [0.5, 0.6) is 0 Å². The van der Waals surface area contributed by atoms with Crippen LogP contribution in [0, 0.1) is 5.82 Å². The van der Waals surface area contributed by atoms with Crippen LogP contribution in [-0.4, -0.2) is 42.0 Å². The third-order valence-corrected chi connectivity index (χ3v) is 3.08. The SMILES string of the molecule is CC(CO)NCC(Cc1cccc(F)c1)NC(=O)OC(C)(C)C. The molecule has 1 rings (SSSR count). The molecule has 130 valence electrons. The van der Waals surface area contributed by atoms with Crippen LogP contribution in [0.3, 0.4) is 0 Å². The molecule has 2 atom stereocenters. The highest BCUT2D eigenvalue weighted by Gasteiger charge is 2.20. The van der Waals surface area contributed by atoms with E-state index >= 15 is 0 Å². The van der Waals surface area contributed by atoms with Gasteiger partial charge in [-0.15, -0.1) is 0 Å². The molecule has 0 saturated heterocycles. The summed E-state index contributed by atoms with van der Waals surface area (Å²) in [6, 6.07) is 5.90. The summed E-state index contributed by atoms with van der Waals surface area (Å²) in [7, 11) is 0. The quantitative estimate of drug-likeness (QED) is 0.719. The van der Waals surface area contributed by atoms with Gasteiger partial charge in [0, 0.05) is 18.6 Å². The van der Waals surface area contributed by atoms with Gasteiger partial charge in [0.15, 0.2) is 0 Å². The highest BCUT2D eigenvalue weighted by molar-refractivity contribution is 5.68. The summed E-state index contributed by atoms with van der Waals surface area (Å²) in [5.41, 5.74) is 0.198. The number of carbonyl (C=O) groups excluding carboxylic acids is 1. The molecule has 0 aliphatic rings. The average molecular weight is 326 g/mol. The molecule has 0 bridgehead atoms. The lowest BCUT2D eigenvalue weighted by Crippen LogP contribution is -2.47. The number of carbonyl (C=O) groups is 1. The van der Waals surface area contributed by atoms with Gasteiger partial charge in [-0.05, 0) is 51.8 Å². The predicted octanol–water partition coefficient (Wildman–Crippen LogP) is 2.23. The van der Waals surface area contributed by atoms with Crippen LogP contribution in [0.25, 0.3) is 0 Å². The molecule has 5 nitrogen and oxygen atoms in total. The summed E-state index contributed by atoms with van der Waals surface area (Å²) in [5.74, 6) is -0.310. The van der Waals surface area contributed by atoms with E-state index < -0.39 is 11.7 Å². The molecule has 2 unspecified atom stereocenters. The Kier molecular flexibility index (Phi) is 7.45. The first-order chi connectivity index (χ1) is 10.7. The van der Waals surface area contributed by atoms with E-state index in [1.807, 2.05) is 13.0 Å². The first-order valence-corrected chi connectivity index (χ1v) is 7.78. The summed E-state index contributed by atoms with van der Waals surface area (Å²) in [4.78, 5) is 12.0. The van der Waals surface area contributed by atoms with Gasteiger partial charge < -0.3 is 20.5 Å². The van der Waals surface area contributed by atoms with E-state index in [0.29, 0.717) is 13.0 Å². The topological polar surface area (TPSA) is 70.6 Å². The second-order valence-electron chi connectivity index (χ2n) is 6.67. The van der Waals surface area contributed by atoms with Crippen molar-refractivity contribution in [2.24, 2.45) is 0 Å². The highest BCUT2D eigenvalue weighted by atomic mass is 19.1. The minimum absolute atomic E-state index is 0.000870. The van der Waals surface area contributed by atoms with E-state index in [2.05, 4.69) is 10.6 Å². The Morgan fingerprint density at radius 2 is 2.09 bits per heavy atom. The van der Waals surface area contributed by atoms with Gasteiger partial charge in [-0.25, -0.2) is 9.18 Å². The largest absolute Gasteiger partial charge is 0.444 e. The van der Waals surface area contributed by atoms with Crippen LogP contribution >= 0.6 is 0 Å². The number of aliphatic hydroxyl groups excluding tert-OH is 1. The molecule has 6 heteroatoms. The first-order valence-electron chi connectivity index (χ1n) is 7.78. The number of halogens is 1. The fraction of sp³-hybridized carbons (Fsp3) is 0.588. The van der Waals surface area contributed by atoms with Crippen LogP contribution in [0.1, 0.15) is 33.3 Å². The van der Waals surface area contributed by atoms with Crippen molar-refractivity contribution in [1.82, 2.24) is 10.6 Å². The summed E-state index contributed by atoms with van der Waals surface area (Å²) in [6.45, 7) is 7.66. The molecule has 3 N–H and O–H groups in total. The molecule has 1 aromatic carbocycles. The van der Waals surface area contributed by atoms with Crippen LogP contribution in [-0.2, 0) is 11.2 Å². The Morgan fingerprint density at radius 3 is 2.65 bits per heavy atom. The Morgan fingerprint density at radius 1 is 1.39 bits per heavy atom. The third-order valence-electron chi connectivity index (χ3n) is 3.08. The Hall–Kier alpha value is -1.66. The summed E-state index contributed by atoms with van der Waals surface area (Å²) in [5, 5.41) is 15.0. The molecule has 0 aliphatic heterocycles. The molecule has 1 aromatic rings. The number of hydrogen-bond donors (Lipinski definition) is 3. The van der Waals surface area contributed by atoms with Gasteiger partial charge in [0.05, 0.1) is 6.61 Å². The predicted molar refractivity (Wildman–Crippen MR) is 87.8 cm³/mol. The van der Waals surface area contributed by atoms with Crippen LogP contribution in [0.2, 0.25) is 0 Å². The fourth-order valence-electron chi connectivity index (χ4n) is 2.00. The minimum atomic E-state index is -0.584. The lowest BCUT2D eigenvalue weighted by molar-refractivity contribution is 0.0502. The number of benzene rings is 1. The number of ether oxygens (including phenoxy) is 1. The van der Waals surface area contributed by atoms with E-state index in [0.717, 1.165) is 5.56 Å². The second kappa shape index (κ2) is 8.84. The molecule has 0 fully saturated rings. The zero-order chi connectivity index (χ0) is 17.5. The summed E-state index contributed by atoms with van der Waals surface area (Å²) < 4.78 is 18.6. The molecule has 0 radical (unpaired) electrons. The fourth-order valence-corrected chi connectivity index (χ4v) is 2.00. The van der Waals surface area contributed by atoms with E-state index in [1.54, 1.807) is 26.8 Å². The number of nitrogens with one attached hydrogen (secondary N) is 2. The molecule has 0 aliphatic carbocycles. The Labute approximate surface area is 137 Å². The monoisotopic (exact) mass is 326 g/mol. The number of hydrogen-bond acceptors (Lipinski definition) is 4. The molecule has 0 spiro atoms. The number of amides is 1. The van der Waals surface area contributed by atoms with E-state index in [-0.39, 0.29) is 24.5 Å². The number of rotatable bonds is 7. The van der Waals surface area contributed by atoms with Crippen molar-refractivity contribution in [2.45, 2.75) is 51.8 Å². The van der Waals surface area contributed by atoms with Crippen molar-refractivity contribution in [2.75, 3.05) is 13.2 Å². The minimum Gasteiger partial charge on any atom is -0.444 e. The first kappa shape index (κ1) is 19.4. The van der Waals surface area contributed by atoms with Crippen LogP contribution < -0.4 is 10.6 Å². The molecule has 1 amide bonds. The van der Waals surface area contributed by atoms with Crippen LogP contribution in [0.4, 0.5) is 9.18 Å². The van der Waals surface area contributed by atoms with Crippen molar-refractivity contribution in [1.29, 1.82) is 0 Å². The maximum Gasteiger partial charge on any atom is 0.407 e. The summed E-state index contributed by atoms with van der Waals surface area (Å²) >= 11 is 0. The maximum absolute atomic E-state index is 13.3. The van der Waals surface area contributed by atoms with Crippen molar-refractivity contribution < 1.29 is 19.0 Å². The molecule has 0 aromatic heterocycles. The van der Waals surface area contributed by atoms with Crippen molar-refractivity contribution in [3.8, 4) is 0 Å². The average Bonchev–Trinajstić information content (AvgIpc) is 2.42. The number of alkyl carbamates (subject to hydrolysis) is 1. The molecule has 23 heavy (non-hydrogen) atoms. The van der Waals surface area contributed by atoms with Gasteiger partial charge in [0.2, 0.25) is 0 Å². The third kappa shape index (κ3) is 8.52. The Bertz CT molecular complexity index is 503. The van der Waals surface area contributed by atoms with Gasteiger partial charge in [0.1, 0.15) is 11.4 Å². The van der Waals surface area contributed by atoms with E-state index in [9.17, 15) is 9.18 Å². The van der Waals surface area contributed by atoms with Crippen molar-refractivity contribution >= 4 is 6.09 Å². The van der Waals surface area contributed by atoms with E-state index in [1.165, 1.54) is 12.1 Å². The van der Waals surface area contributed by atoms with Gasteiger partial charge >= 0.3 is 6.09 Å². The van der Waals surface area contributed by atoms with E-state index in [4.69, 9.17) is 9.84 Å². The van der Waals surface area contributed by atoms with Gasteiger partial charge in [-0.3, -0.25) is 0 Å². The molecule has 0 heterocycles. The van der Waals surface area contributed by atoms with Gasteiger partial charge in [0.25, 0.3) is 0 Å². The van der Waals surface area contributed by atoms with Gasteiger partial charge in [-0.1, -0.05) is 12.1 Å². The standard InChI is InChI=1S/C17H27FN2O3/c1-12(11-21)19-10-15(20-16(22)23-17(2,3)4)9-13-6-5-7-14(18)8-13/h5-8,12,15,19,21H,9-11H2,1-4H3,(H,20,22). The summed E-state index contributed by atoms with van der Waals surface area (Å²) in [6.07, 6.45) is -0.0559. The van der Waals surface area contributed by atoms with Crippen LogP contribution in [0.15, 0.2) is 24.3 Å². The zero-order valence-electron chi connectivity index (χ0n) is 14.2. The molecular formula is C17H27FN2O3. The molecule has 0 saturated carbocycles. The maximum atomic E-state index is 13.3. The normalized spacial score (nSPS) is 14.2. The zero-order valence-corrected chi connectivity index (χ0v) is 14.2. The Balaban J connectivity index is 2.70. The number of aliphatic hydroxyl groups is 1. The highest BCUT2D eigenvalue weighted by Crippen LogP contribution is 2.09. The second-order valence-corrected chi connectivity index (χ2v) is 6.67.